The van der Waals surface area contributed by atoms with E-state index in [0.29, 0.717) is 17.9 Å². The van der Waals surface area contributed by atoms with Gasteiger partial charge in [0, 0.05) is 12.0 Å². The predicted molar refractivity (Wildman–Crippen MR) is 59.3 cm³/mol. The third-order valence-electron chi connectivity index (χ3n) is 4.75. The van der Waals surface area contributed by atoms with E-state index in [1.165, 1.54) is 25.7 Å². The highest BCUT2D eigenvalue weighted by Crippen LogP contribution is 2.49. The maximum absolute atomic E-state index is 11.7. The molecule has 0 radical (unpaired) electrons. The van der Waals surface area contributed by atoms with Gasteiger partial charge in [0.2, 0.25) is 5.91 Å². The van der Waals surface area contributed by atoms with Crippen molar-refractivity contribution in [2.75, 3.05) is 0 Å². The summed E-state index contributed by atoms with van der Waals surface area (Å²) in [6, 6.07) is 0.424. The Balaban J connectivity index is 1.55. The Morgan fingerprint density at radius 1 is 1.20 bits per heavy atom. The number of rotatable bonds is 3. The molecule has 2 heteroatoms. The molecule has 0 spiro atoms. The fraction of sp³-hybridized carbons (Fsp3) is 0.923. The summed E-state index contributed by atoms with van der Waals surface area (Å²) in [4.78, 5) is 11.7. The van der Waals surface area contributed by atoms with E-state index < -0.39 is 0 Å². The molecule has 3 rings (SSSR count). The summed E-state index contributed by atoms with van der Waals surface area (Å²) < 4.78 is 0. The minimum absolute atomic E-state index is 0.324. The van der Waals surface area contributed by atoms with Gasteiger partial charge in [-0.15, -0.1) is 0 Å². The van der Waals surface area contributed by atoms with Crippen LogP contribution in [0.2, 0.25) is 0 Å². The molecular weight excluding hydrogens is 186 g/mol. The molecule has 84 valence electrons. The second kappa shape index (κ2) is 3.50. The zero-order chi connectivity index (χ0) is 10.4. The van der Waals surface area contributed by atoms with Crippen molar-refractivity contribution in [3.63, 3.8) is 0 Å². The Morgan fingerprint density at radius 3 is 2.53 bits per heavy atom. The Labute approximate surface area is 91.8 Å². The van der Waals surface area contributed by atoms with E-state index in [2.05, 4.69) is 12.2 Å². The van der Waals surface area contributed by atoms with Crippen LogP contribution in [0.5, 0.6) is 0 Å². The molecule has 0 aromatic carbocycles. The number of amides is 1. The molecule has 4 atom stereocenters. The van der Waals surface area contributed by atoms with E-state index in [-0.39, 0.29) is 0 Å². The van der Waals surface area contributed by atoms with Crippen molar-refractivity contribution >= 4 is 5.91 Å². The zero-order valence-electron chi connectivity index (χ0n) is 9.54. The SMILES string of the molecule is C[C@@H](NC(=O)C1CC1)[C@H]1C[C@@H]2CC[C@@H]1C2. The zero-order valence-corrected chi connectivity index (χ0v) is 9.54. The molecule has 0 aromatic heterocycles. The van der Waals surface area contributed by atoms with Crippen LogP contribution in [0.3, 0.4) is 0 Å². The third kappa shape index (κ3) is 1.79. The van der Waals surface area contributed by atoms with Crippen LogP contribution < -0.4 is 5.32 Å². The van der Waals surface area contributed by atoms with Crippen LogP contribution in [0.25, 0.3) is 0 Å². The average molecular weight is 207 g/mol. The van der Waals surface area contributed by atoms with Gasteiger partial charge in [-0.05, 0) is 56.8 Å². The molecule has 3 aliphatic rings. The lowest BCUT2D eigenvalue weighted by molar-refractivity contribution is -0.123. The molecule has 2 bridgehead atoms. The molecule has 3 fully saturated rings. The Morgan fingerprint density at radius 2 is 2.00 bits per heavy atom. The lowest BCUT2D eigenvalue weighted by atomic mass is 9.84. The van der Waals surface area contributed by atoms with E-state index >= 15 is 0 Å². The first kappa shape index (κ1) is 9.68. The van der Waals surface area contributed by atoms with Crippen molar-refractivity contribution in [1.82, 2.24) is 5.32 Å². The van der Waals surface area contributed by atoms with Gasteiger partial charge < -0.3 is 5.32 Å². The molecule has 2 nitrogen and oxygen atoms in total. The number of hydrogen-bond acceptors (Lipinski definition) is 1. The molecule has 3 aliphatic carbocycles. The van der Waals surface area contributed by atoms with Crippen molar-refractivity contribution in [2.24, 2.45) is 23.7 Å². The van der Waals surface area contributed by atoms with Gasteiger partial charge in [0.05, 0.1) is 0 Å². The monoisotopic (exact) mass is 207 g/mol. The highest BCUT2D eigenvalue weighted by molar-refractivity contribution is 5.81. The first-order chi connectivity index (χ1) is 7.24. The second-order valence-corrected chi connectivity index (χ2v) is 5.91. The fourth-order valence-electron chi connectivity index (χ4n) is 3.70. The van der Waals surface area contributed by atoms with Crippen LogP contribution in [-0.4, -0.2) is 11.9 Å². The van der Waals surface area contributed by atoms with Crippen LogP contribution in [0, 0.1) is 23.7 Å². The molecule has 15 heavy (non-hydrogen) atoms. The predicted octanol–water partition coefficient (Wildman–Crippen LogP) is 2.34. The van der Waals surface area contributed by atoms with Crippen LogP contribution in [0.1, 0.15) is 45.4 Å². The van der Waals surface area contributed by atoms with Gasteiger partial charge in [0.15, 0.2) is 0 Å². The van der Waals surface area contributed by atoms with Crippen LogP contribution >= 0.6 is 0 Å². The van der Waals surface area contributed by atoms with E-state index in [9.17, 15) is 4.79 Å². The number of hydrogen-bond donors (Lipinski definition) is 1. The van der Waals surface area contributed by atoms with E-state index in [1.807, 2.05) is 0 Å². The lowest BCUT2D eigenvalue weighted by Gasteiger charge is -2.28. The van der Waals surface area contributed by atoms with Crippen molar-refractivity contribution in [2.45, 2.75) is 51.5 Å². The maximum Gasteiger partial charge on any atom is 0.223 e. The fourth-order valence-corrected chi connectivity index (χ4v) is 3.70. The summed E-state index contributed by atoms with van der Waals surface area (Å²) in [5.74, 6) is 3.38. The molecule has 1 amide bonds. The smallest absolute Gasteiger partial charge is 0.223 e. The van der Waals surface area contributed by atoms with Crippen LogP contribution in [0.15, 0.2) is 0 Å². The van der Waals surface area contributed by atoms with Crippen LogP contribution in [0.4, 0.5) is 0 Å². The summed E-state index contributed by atoms with van der Waals surface area (Å²) in [6.45, 7) is 2.21. The number of fused-ring (bicyclic) bond motifs is 2. The highest BCUT2D eigenvalue weighted by Gasteiger charge is 2.42. The molecule has 0 aliphatic heterocycles. The van der Waals surface area contributed by atoms with Gasteiger partial charge in [-0.2, -0.15) is 0 Å². The van der Waals surface area contributed by atoms with Gasteiger partial charge in [0.1, 0.15) is 0 Å². The molecule has 3 saturated carbocycles. The Kier molecular flexibility index (Phi) is 2.26. The molecule has 1 N–H and O–H groups in total. The van der Waals surface area contributed by atoms with Gasteiger partial charge >= 0.3 is 0 Å². The standard InChI is InChI=1S/C13H21NO/c1-8(14-13(15)10-4-5-10)12-7-9-2-3-11(12)6-9/h8-12H,2-7H2,1H3,(H,14,15)/t8-,9-,11-,12-/m1/s1. The normalized spacial score (nSPS) is 40.5. The van der Waals surface area contributed by atoms with Gasteiger partial charge in [-0.25, -0.2) is 0 Å². The summed E-state index contributed by atoms with van der Waals surface area (Å²) in [5, 5.41) is 3.23. The maximum atomic E-state index is 11.7. The molecule has 0 heterocycles. The summed E-state index contributed by atoms with van der Waals surface area (Å²) in [6.07, 6.45) is 7.92. The quantitative estimate of drug-likeness (QED) is 0.756. The lowest BCUT2D eigenvalue weighted by Crippen LogP contribution is -2.40. The Hall–Kier alpha value is -0.530. The first-order valence-corrected chi connectivity index (χ1v) is 6.54. The van der Waals surface area contributed by atoms with E-state index in [0.717, 1.165) is 30.6 Å². The topological polar surface area (TPSA) is 29.1 Å². The molecule has 0 saturated heterocycles. The van der Waals surface area contributed by atoms with E-state index in [1.54, 1.807) is 0 Å². The number of carbonyl (C=O) groups excluding carboxylic acids is 1. The molecular formula is C13H21NO. The number of nitrogens with one attached hydrogen (secondary N) is 1. The van der Waals surface area contributed by atoms with Gasteiger partial charge in [-0.1, -0.05) is 6.42 Å². The van der Waals surface area contributed by atoms with Crippen molar-refractivity contribution < 1.29 is 4.79 Å². The summed E-state index contributed by atoms with van der Waals surface area (Å²) in [7, 11) is 0. The summed E-state index contributed by atoms with van der Waals surface area (Å²) >= 11 is 0. The van der Waals surface area contributed by atoms with Gasteiger partial charge in [-0.3, -0.25) is 4.79 Å². The van der Waals surface area contributed by atoms with Crippen molar-refractivity contribution in [3.05, 3.63) is 0 Å². The highest BCUT2D eigenvalue weighted by atomic mass is 16.2. The van der Waals surface area contributed by atoms with Crippen molar-refractivity contribution in [3.8, 4) is 0 Å². The van der Waals surface area contributed by atoms with Gasteiger partial charge in [0.25, 0.3) is 0 Å². The minimum Gasteiger partial charge on any atom is -0.353 e. The third-order valence-corrected chi connectivity index (χ3v) is 4.75. The summed E-state index contributed by atoms with van der Waals surface area (Å²) in [5.41, 5.74) is 0. The molecule has 0 aromatic rings. The Bertz CT molecular complexity index is 272. The van der Waals surface area contributed by atoms with Crippen LogP contribution in [-0.2, 0) is 4.79 Å². The number of carbonyl (C=O) groups is 1. The largest absolute Gasteiger partial charge is 0.353 e. The average Bonchev–Trinajstić information content (AvgIpc) is 2.87. The molecule has 0 unspecified atom stereocenters. The van der Waals surface area contributed by atoms with E-state index in [4.69, 9.17) is 0 Å². The van der Waals surface area contributed by atoms with Crippen molar-refractivity contribution in [1.29, 1.82) is 0 Å². The first-order valence-electron chi connectivity index (χ1n) is 6.54. The second-order valence-electron chi connectivity index (χ2n) is 5.91. The minimum atomic E-state index is 0.324.